The molecule has 0 aliphatic carbocycles. The van der Waals surface area contributed by atoms with Crippen LogP contribution in [0.15, 0.2) is 53.0 Å². The number of benzene rings is 2. The first-order chi connectivity index (χ1) is 12.4. The van der Waals surface area contributed by atoms with E-state index in [2.05, 4.69) is 15.9 Å². The van der Waals surface area contributed by atoms with Gasteiger partial charge in [0.15, 0.2) is 14.9 Å². The molecule has 0 radical (unpaired) electrons. The average molecular weight is 453 g/mol. The summed E-state index contributed by atoms with van der Waals surface area (Å²) in [5.41, 5.74) is 1.75. The Bertz CT molecular complexity index is 963. The highest BCUT2D eigenvalue weighted by Gasteiger charge is 2.52. The minimum Gasteiger partial charge on any atom is -0.497 e. The smallest absolute Gasteiger partial charge is 0.181 e. The van der Waals surface area contributed by atoms with Crippen molar-refractivity contribution in [3.05, 3.63) is 53.0 Å². The Balaban J connectivity index is 1.80. The van der Waals surface area contributed by atoms with Gasteiger partial charge in [0.2, 0.25) is 0 Å². The van der Waals surface area contributed by atoms with E-state index < -0.39 is 9.84 Å². The number of anilines is 2. The number of halogens is 1. The van der Waals surface area contributed by atoms with Crippen LogP contribution in [-0.2, 0) is 9.84 Å². The molecule has 2 saturated heterocycles. The lowest BCUT2D eigenvalue weighted by molar-refractivity contribution is 0.415. The first-order valence-electron chi connectivity index (χ1n) is 8.12. The number of sulfone groups is 1. The van der Waals surface area contributed by atoms with E-state index in [-0.39, 0.29) is 23.6 Å². The van der Waals surface area contributed by atoms with Crippen molar-refractivity contribution >= 4 is 54.5 Å². The van der Waals surface area contributed by atoms with Crippen LogP contribution in [-0.4, -0.2) is 44.2 Å². The van der Waals surface area contributed by atoms with Crippen LogP contribution in [0.2, 0.25) is 0 Å². The number of ether oxygens (including phenoxy) is 1. The zero-order valence-corrected chi connectivity index (χ0v) is 17.2. The Labute approximate surface area is 166 Å². The summed E-state index contributed by atoms with van der Waals surface area (Å²) < 4.78 is 31.0. The zero-order chi connectivity index (χ0) is 18.5. The predicted octanol–water partition coefficient (Wildman–Crippen LogP) is 3.23. The maximum Gasteiger partial charge on any atom is 0.181 e. The quantitative estimate of drug-likeness (QED) is 0.666. The van der Waals surface area contributed by atoms with E-state index in [0.717, 1.165) is 15.8 Å². The van der Waals surface area contributed by atoms with Gasteiger partial charge < -0.3 is 14.5 Å². The van der Waals surface area contributed by atoms with Crippen LogP contribution < -0.4 is 14.5 Å². The van der Waals surface area contributed by atoms with Crippen molar-refractivity contribution in [1.82, 2.24) is 0 Å². The van der Waals surface area contributed by atoms with Crippen LogP contribution in [0.1, 0.15) is 0 Å². The zero-order valence-electron chi connectivity index (χ0n) is 14.0. The van der Waals surface area contributed by atoms with Crippen LogP contribution in [0, 0.1) is 0 Å². The summed E-state index contributed by atoms with van der Waals surface area (Å²) in [6.07, 6.45) is 0. The average Bonchev–Trinajstić information content (AvgIpc) is 3.04. The molecule has 0 bridgehead atoms. The summed E-state index contributed by atoms with van der Waals surface area (Å²) in [5.74, 6) is 0.918. The summed E-state index contributed by atoms with van der Waals surface area (Å²) in [7, 11) is -1.51. The lowest BCUT2D eigenvalue weighted by atomic mass is 10.1. The Kier molecular flexibility index (Phi) is 4.45. The van der Waals surface area contributed by atoms with Crippen LogP contribution in [0.3, 0.4) is 0 Å². The SMILES string of the molecule is COc1cccc(N2C(=S)N(c3ccc(Br)cc3)[C@@H]3CS(=O)(=O)C[C@@H]32)c1. The van der Waals surface area contributed by atoms with Gasteiger partial charge in [-0.15, -0.1) is 0 Å². The van der Waals surface area contributed by atoms with Crippen molar-refractivity contribution < 1.29 is 13.2 Å². The van der Waals surface area contributed by atoms with E-state index >= 15 is 0 Å². The first-order valence-corrected chi connectivity index (χ1v) is 11.1. The molecule has 0 saturated carbocycles. The molecular weight excluding hydrogens is 436 g/mol. The van der Waals surface area contributed by atoms with Gasteiger partial charge in [-0.05, 0) is 48.6 Å². The fraction of sp³-hybridized carbons (Fsp3) is 0.278. The van der Waals surface area contributed by atoms with Gasteiger partial charge in [0.05, 0.1) is 30.7 Å². The molecule has 0 amide bonds. The van der Waals surface area contributed by atoms with E-state index in [1.807, 2.05) is 58.3 Å². The van der Waals surface area contributed by atoms with Gasteiger partial charge in [0.25, 0.3) is 0 Å². The van der Waals surface area contributed by atoms with E-state index in [1.165, 1.54) is 0 Å². The third kappa shape index (κ3) is 3.00. The number of hydrogen-bond acceptors (Lipinski definition) is 4. The highest BCUT2D eigenvalue weighted by atomic mass is 79.9. The summed E-state index contributed by atoms with van der Waals surface area (Å²) in [6.45, 7) is 0. The number of rotatable bonds is 3. The van der Waals surface area contributed by atoms with Gasteiger partial charge in [-0.2, -0.15) is 0 Å². The van der Waals surface area contributed by atoms with Crippen molar-refractivity contribution in [3.63, 3.8) is 0 Å². The lowest BCUT2D eigenvalue weighted by Gasteiger charge is -2.26. The molecule has 136 valence electrons. The molecule has 2 aromatic rings. The van der Waals surface area contributed by atoms with Crippen LogP contribution in [0.4, 0.5) is 11.4 Å². The first kappa shape index (κ1) is 17.8. The minimum atomic E-state index is -3.12. The second-order valence-electron chi connectivity index (χ2n) is 6.41. The molecular formula is C18H17BrN2O3S2. The second-order valence-corrected chi connectivity index (χ2v) is 9.85. The van der Waals surface area contributed by atoms with Crippen molar-refractivity contribution in [2.75, 3.05) is 28.4 Å². The number of nitrogens with zero attached hydrogens (tertiary/aromatic N) is 2. The molecule has 8 heteroatoms. The summed E-state index contributed by atoms with van der Waals surface area (Å²) in [5, 5.41) is 0.616. The van der Waals surface area contributed by atoms with Crippen molar-refractivity contribution in [1.29, 1.82) is 0 Å². The third-order valence-electron chi connectivity index (χ3n) is 4.81. The van der Waals surface area contributed by atoms with Crippen LogP contribution in [0.25, 0.3) is 0 Å². The molecule has 0 N–H and O–H groups in total. The largest absolute Gasteiger partial charge is 0.497 e. The van der Waals surface area contributed by atoms with Gasteiger partial charge in [0.1, 0.15) is 5.75 Å². The number of methoxy groups -OCH3 is 1. The minimum absolute atomic E-state index is 0.0993. The van der Waals surface area contributed by atoms with Gasteiger partial charge in [-0.25, -0.2) is 8.42 Å². The van der Waals surface area contributed by atoms with Crippen molar-refractivity contribution in [2.45, 2.75) is 12.1 Å². The van der Waals surface area contributed by atoms with E-state index in [1.54, 1.807) is 7.11 Å². The van der Waals surface area contributed by atoms with Crippen molar-refractivity contribution in [3.8, 4) is 5.75 Å². The van der Waals surface area contributed by atoms with E-state index in [0.29, 0.717) is 10.9 Å². The van der Waals surface area contributed by atoms with Gasteiger partial charge in [-0.3, -0.25) is 0 Å². The Morgan fingerprint density at radius 3 is 2.27 bits per heavy atom. The highest BCUT2D eigenvalue weighted by molar-refractivity contribution is 9.10. The summed E-state index contributed by atoms with van der Waals surface area (Å²) >= 11 is 9.21. The molecule has 0 aromatic heterocycles. The molecule has 2 aliphatic heterocycles. The normalized spacial score (nSPS) is 24.0. The maximum atomic E-state index is 12.4. The number of thiocarbonyl (C=S) groups is 1. The summed E-state index contributed by atoms with van der Waals surface area (Å²) in [4.78, 5) is 3.92. The molecule has 5 nitrogen and oxygen atoms in total. The van der Waals surface area contributed by atoms with Gasteiger partial charge >= 0.3 is 0 Å². The molecule has 2 heterocycles. The summed E-state index contributed by atoms with van der Waals surface area (Å²) in [6, 6.07) is 14.9. The Hall–Kier alpha value is -1.64. The molecule has 0 unspecified atom stereocenters. The number of fused-ring (bicyclic) bond motifs is 1. The molecule has 2 atom stereocenters. The van der Waals surface area contributed by atoms with Crippen LogP contribution in [0.5, 0.6) is 5.75 Å². The van der Waals surface area contributed by atoms with Gasteiger partial charge in [0, 0.05) is 21.9 Å². The van der Waals surface area contributed by atoms with E-state index in [4.69, 9.17) is 17.0 Å². The third-order valence-corrected chi connectivity index (χ3v) is 7.43. The number of hydrogen-bond donors (Lipinski definition) is 0. The molecule has 2 aromatic carbocycles. The molecule has 2 fully saturated rings. The van der Waals surface area contributed by atoms with Crippen molar-refractivity contribution in [2.24, 2.45) is 0 Å². The molecule has 2 aliphatic rings. The molecule has 26 heavy (non-hydrogen) atoms. The highest BCUT2D eigenvalue weighted by Crippen LogP contribution is 2.39. The Morgan fingerprint density at radius 1 is 1.04 bits per heavy atom. The molecule has 4 rings (SSSR count). The fourth-order valence-corrected chi connectivity index (χ4v) is 6.33. The fourth-order valence-electron chi connectivity index (χ4n) is 3.67. The maximum absolute atomic E-state index is 12.4. The second kappa shape index (κ2) is 6.51. The van der Waals surface area contributed by atoms with Crippen LogP contribution >= 0.6 is 28.1 Å². The molecule has 0 spiro atoms. The Morgan fingerprint density at radius 2 is 1.65 bits per heavy atom. The standard InChI is InChI=1S/C18H17BrN2O3S2/c1-24-15-4-2-3-14(9-15)21-17-11-26(22,23)10-16(17)20(18(21)25)13-7-5-12(19)6-8-13/h2-9,16-17H,10-11H2,1H3/t16-,17+/m1/s1. The van der Waals surface area contributed by atoms with E-state index in [9.17, 15) is 8.42 Å². The van der Waals surface area contributed by atoms with Gasteiger partial charge in [-0.1, -0.05) is 22.0 Å². The predicted molar refractivity (Wildman–Crippen MR) is 111 cm³/mol. The topological polar surface area (TPSA) is 49.9 Å². The lowest BCUT2D eigenvalue weighted by Crippen LogP contribution is -2.37. The monoisotopic (exact) mass is 452 g/mol.